The van der Waals surface area contributed by atoms with E-state index in [4.69, 9.17) is 0 Å². The number of anilines is 1. The number of unbranched alkanes of at least 4 members (excludes halogenated alkanes) is 2. The summed E-state index contributed by atoms with van der Waals surface area (Å²) in [5.74, 6) is 0. The van der Waals surface area contributed by atoms with E-state index in [1.54, 1.807) is 12.3 Å². The maximum atomic E-state index is 3.63. The van der Waals surface area contributed by atoms with Crippen LogP contribution in [0.4, 0.5) is 5.69 Å². The molecule has 0 saturated heterocycles. The Bertz CT molecular complexity index is 447. The number of likely N-dealkylation sites (N-methyl/N-ethyl adjacent to an activating group) is 1. The first-order valence-corrected chi connectivity index (χ1v) is 8.67. The van der Waals surface area contributed by atoms with Gasteiger partial charge in [-0.2, -0.15) is 0 Å². The van der Waals surface area contributed by atoms with E-state index >= 15 is 0 Å². The van der Waals surface area contributed by atoms with Crippen molar-refractivity contribution < 1.29 is 0 Å². The lowest BCUT2D eigenvalue weighted by Crippen LogP contribution is -2.10. The average Bonchev–Trinajstić information content (AvgIpc) is 2.59. The van der Waals surface area contributed by atoms with Gasteiger partial charge in [0.1, 0.15) is 0 Å². The summed E-state index contributed by atoms with van der Waals surface area (Å²) in [5, 5.41) is 6.24. The molecule has 1 rings (SSSR count). The standard InChI is InChI=1S/C14H22N2.C7H13N/c1-3-16-12-6-4-5-7-13-8-10-14(15-2)11-9-13;1-4-5-6-7-8(2)3/h3,8-11,15-16H,1,4-7,12H2,2H3;4-6H,1,7H2,2-3H3/b;6-5+. The van der Waals surface area contributed by atoms with E-state index < -0.39 is 0 Å². The highest BCUT2D eigenvalue weighted by atomic mass is 15.0. The molecule has 24 heavy (non-hydrogen) atoms. The summed E-state index contributed by atoms with van der Waals surface area (Å²) in [5.41, 5.74) is 2.61. The second-order valence-corrected chi connectivity index (χ2v) is 5.84. The van der Waals surface area contributed by atoms with Crippen LogP contribution >= 0.6 is 0 Å². The molecule has 0 aliphatic carbocycles. The fraction of sp³-hybridized carbons (Fsp3) is 0.429. The van der Waals surface area contributed by atoms with Gasteiger partial charge in [-0.05, 0) is 57.3 Å². The van der Waals surface area contributed by atoms with E-state index in [1.807, 2.05) is 27.2 Å². The summed E-state index contributed by atoms with van der Waals surface area (Å²) < 4.78 is 0. The SMILES string of the molecule is C=C/C=C/CN(C)C.C=CNCCCCCc1ccc(NC)cc1. The third kappa shape index (κ3) is 13.6. The number of rotatable bonds is 11. The van der Waals surface area contributed by atoms with Gasteiger partial charge < -0.3 is 15.5 Å². The summed E-state index contributed by atoms with van der Waals surface area (Å²) in [6, 6.07) is 8.67. The predicted molar refractivity (Wildman–Crippen MR) is 110 cm³/mol. The predicted octanol–water partition coefficient (Wildman–Crippen LogP) is 4.46. The normalized spacial score (nSPS) is 10.2. The average molecular weight is 330 g/mol. The van der Waals surface area contributed by atoms with Crippen molar-refractivity contribution in [2.24, 2.45) is 0 Å². The molecule has 2 N–H and O–H groups in total. The Balaban J connectivity index is 0.000000561. The van der Waals surface area contributed by atoms with Crippen LogP contribution in [0.1, 0.15) is 24.8 Å². The first-order chi connectivity index (χ1) is 11.6. The Hall–Kier alpha value is -2.00. The maximum Gasteiger partial charge on any atom is 0.0337 e. The molecule has 0 radical (unpaired) electrons. The molecule has 0 amide bonds. The molecule has 0 heterocycles. The molecule has 0 saturated carbocycles. The first kappa shape index (κ1) is 22.0. The topological polar surface area (TPSA) is 27.3 Å². The molecule has 0 aromatic heterocycles. The second-order valence-electron chi connectivity index (χ2n) is 5.84. The lowest BCUT2D eigenvalue weighted by Gasteiger charge is -2.04. The van der Waals surface area contributed by atoms with E-state index in [0.717, 1.165) is 13.1 Å². The molecular formula is C21H35N3. The van der Waals surface area contributed by atoms with Gasteiger partial charge in [-0.3, -0.25) is 0 Å². The lowest BCUT2D eigenvalue weighted by atomic mass is 10.1. The zero-order valence-corrected chi connectivity index (χ0v) is 15.7. The fourth-order valence-corrected chi connectivity index (χ4v) is 2.04. The number of nitrogens with zero attached hydrogens (tertiary/aromatic N) is 1. The van der Waals surface area contributed by atoms with Gasteiger partial charge in [0, 0.05) is 25.8 Å². The lowest BCUT2D eigenvalue weighted by molar-refractivity contribution is 0.456. The number of nitrogens with one attached hydrogen (secondary N) is 2. The van der Waals surface area contributed by atoms with E-state index in [9.17, 15) is 0 Å². The second kappa shape index (κ2) is 15.9. The highest BCUT2D eigenvalue weighted by Gasteiger charge is 1.94. The number of benzene rings is 1. The van der Waals surface area contributed by atoms with E-state index in [-0.39, 0.29) is 0 Å². The van der Waals surface area contributed by atoms with Crippen molar-refractivity contribution in [3.05, 3.63) is 67.4 Å². The number of aryl methyl sites for hydroxylation is 1. The molecule has 1 aromatic carbocycles. The van der Waals surface area contributed by atoms with Crippen LogP contribution in [0.15, 0.2) is 61.9 Å². The van der Waals surface area contributed by atoms with E-state index in [0.29, 0.717) is 0 Å². The monoisotopic (exact) mass is 329 g/mol. The summed E-state index contributed by atoms with van der Waals surface area (Å²) in [6.07, 6.45) is 12.5. The zero-order chi connectivity index (χ0) is 18.0. The molecule has 0 spiro atoms. The molecule has 0 aliphatic rings. The summed E-state index contributed by atoms with van der Waals surface area (Å²) >= 11 is 0. The van der Waals surface area contributed by atoms with Crippen molar-refractivity contribution >= 4 is 5.69 Å². The Labute approximate surface area is 149 Å². The smallest absolute Gasteiger partial charge is 0.0337 e. The van der Waals surface area contributed by atoms with Crippen molar-refractivity contribution in [1.29, 1.82) is 0 Å². The summed E-state index contributed by atoms with van der Waals surface area (Å²) in [4.78, 5) is 2.10. The highest BCUT2D eigenvalue weighted by Crippen LogP contribution is 2.11. The molecule has 3 nitrogen and oxygen atoms in total. The molecule has 1 aromatic rings. The minimum absolute atomic E-state index is 0.992. The van der Waals surface area contributed by atoms with Crippen LogP contribution in [-0.4, -0.2) is 39.1 Å². The molecule has 134 valence electrons. The highest BCUT2D eigenvalue weighted by molar-refractivity contribution is 5.43. The largest absolute Gasteiger partial charge is 0.391 e. The van der Waals surface area contributed by atoms with Crippen LogP contribution < -0.4 is 10.6 Å². The van der Waals surface area contributed by atoms with Crippen LogP contribution in [0.3, 0.4) is 0 Å². The minimum atomic E-state index is 0.992. The Morgan fingerprint density at radius 1 is 1.04 bits per heavy atom. The molecule has 0 unspecified atom stereocenters. The van der Waals surface area contributed by atoms with Crippen LogP contribution in [0.25, 0.3) is 0 Å². The third-order valence-electron chi connectivity index (χ3n) is 3.42. The van der Waals surface area contributed by atoms with Crippen molar-refractivity contribution in [3.8, 4) is 0 Å². The van der Waals surface area contributed by atoms with Crippen molar-refractivity contribution in [2.75, 3.05) is 39.5 Å². The summed E-state index contributed by atoms with van der Waals surface area (Å²) in [6.45, 7) is 9.21. The molecule has 0 atom stereocenters. The van der Waals surface area contributed by atoms with Crippen LogP contribution in [0, 0.1) is 0 Å². The fourth-order valence-electron chi connectivity index (χ4n) is 2.04. The number of hydrogen-bond donors (Lipinski definition) is 2. The van der Waals surface area contributed by atoms with Gasteiger partial charge in [0.05, 0.1) is 0 Å². The third-order valence-corrected chi connectivity index (χ3v) is 3.42. The minimum Gasteiger partial charge on any atom is -0.391 e. The molecule has 0 aliphatic heterocycles. The van der Waals surface area contributed by atoms with Crippen LogP contribution in [-0.2, 0) is 6.42 Å². The van der Waals surface area contributed by atoms with E-state index in [1.165, 1.54) is 36.9 Å². The van der Waals surface area contributed by atoms with Gasteiger partial charge in [-0.25, -0.2) is 0 Å². The summed E-state index contributed by atoms with van der Waals surface area (Å²) in [7, 11) is 6.02. The Morgan fingerprint density at radius 2 is 1.75 bits per heavy atom. The Morgan fingerprint density at radius 3 is 2.29 bits per heavy atom. The molecule has 0 bridgehead atoms. The Kier molecular flexibility index (Phi) is 14.6. The van der Waals surface area contributed by atoms with Gasteiger partial charge in [-0.1, -0.05) is 49.9 Å². The van der Waals surface area contributed by atoms with Gasteiger partial charge in [0.25, 0.3) is 0 Å². The van der Waals surface area contributed by atoms with Gasteiger partial charge in [0.2, 0.25) is 0 Å². The van der Waals surface area contributed by atoms with Crippen LogP contribution in [0.5, 0.6) is 0 Å². The molecule has 0 fully saturated rings. The quantitative estimate of drug-likeness (QED) is 0.463. The van der Waals surface area contributed by atoms with Crippen molar-refractivity contribution in [2.45, 2.75) is 25.7 Å². The van der Waals surface area contributed by atoms with Gasteiger partial charge >= 0.3 is 0 Å². The van der Waals surface area contributed by atoms with E-state index in [2.05, 4.69) is 59.0 Å². The number of hydrogen-bond acceptors (Lipinski definition) is 3. The zero-order valence-electron chi connectivity index (χ0n) is 15.7. The molecule has 3 heteroatoms. The van der Waals surface area contributed by atoms with Crippen molar-refractivity contribution in [1.82, 2.24) is 10.2 Å². The maximum absolute atomic E-state index is 3.63. The van der Waals surface area contributed by atoms with Crippen LogP contribution in [0.2, 0.25) is 0 Å². The number of allylic oxidation sites excluding steroid dienone is 2. The first-order valence-electron chi connectivity index (χ1n) is 8.67. The van der Waals surface area contributed by atoms with Crippen molar-refractivity contribution in [3.63, 3.8) is 0 Å². The van der Waals surface area contributed by atoms with Gasteiger partial charge in [-0.15, -0.1) is 0 Å². The van der Waals surface area contributed by atoms with Gasteiger partial charge in [0.15, 0.2) is 0 Å². The molecular weight excluding hydrogens is 294 g/mol.